The van der Waals surface area contributed by atoms with Gasteiger partial charge in [0.2, 0.25) is 17.6 Å². The molecule has 0 spiro atoms. The van der Waals surface area contributed by atoms with Gasteiger partial charge in [0.15, 0.2) is 10.1 Å². The average Bonchev–Trinajstić information content (AvgIpc) is 2.79. The van der Waals surface area contributed by atoms with Crippen LogP contribution in [0.15, 0.2) is 72.8 Å². The third-order valence-corrected chi connectivity index (χ3v) is 5.57. The van der Waals surface area contributed by atoms with Gasteiger partial charge in [0, 0.05) is 12.1 Å². The van der Waals surface area contributed by atoms with Gasteiger partial charge in [0.05, 0.1) is 16.3 Å². The summed E-state index contributed by atoms with van der Waals surface area (Å²) in [6.45, 7) is 1.68. The van der Waals surface area contributed by atoms with Crippen LogP contribution in [0.25, 0.3) is 21.8 Å². The lowest BCUT2D eigenvalue weighted by atomic mass is 10.0. The monoisotopic (exact) mass is 521 g/mol. The van der Waals surface area contributed by atoms with Gasteiger partial charge in [0.1, 0.15) is 5.75 Å². The first-order valence-electron chi connectivity index (χ1n) is 10.2. The molecule has 12 heteroatoms. The summed E-state index contributed by atoms with van der Waals surface area (Å²) >= 11 is 0. The summed E-state index contributed by atoms with van der Waals surface area (Å²) < 4.78 is 66.3. The smallest absolute Gasteiger partial charge is 0.485 e. The van der Waals surface area contributed by atoms with Crippen LogP contribution in [0.2, 0.25) is 0 Å². The highest BCUT2D eigenvalue weighted by Crippen LogP contribution is 2.27. The second kappa shape index (κ2) is 10.3. The number of carboxylic acids is 1. The lowest BCUT2D eigenvalue weighted by Gasteiger charge is -2.12. The summed E-state index contributed by atoms with van der Waals surface area (Å²) in [5.74, 6) is -0.914. The van der Waals surface area contributed by atoms with Crippen molar-refractivity contribution >= 4 is 43.9 Å². The van der Waals surface area contributed by atoms with Crippen molar-refractivity contribution in [2.45, 2.75) is 19.0 Å². The van der Waals surface area contributed by atoms with Gasteiger partial charge in [-0.15, -0.1) is 0 Å². The molecule has 0 unspecified atom stereocenters. The summed E-state index contributed by atoms with van der Waals surface area (Å²) in [5.41, 5.74) is -3.02. The van der Waals surface area contributed by atoms with E-state index in [2.05, 4.69) is 0 Å². The van der Waals surface area contributed by atoms with Gasteiger partial charge in [-0.1, -0.05) is 42.5 Å². The molecule has 0 fully saturated rings. The number of aryl methyl sites for hydroxylation is 1. The standard InChI is InChI=1S/C23H17NO4.CHF3O3S/c1-15-8-2-7-13-20(15)28-23(27)22-16-9-3-5-11-18(16)24(14-21(25)26)19-12-6-4-10-17(19)22;2-1(3,4)8(5,6)7/h2-13H,14H2,1H3;(H,5,6,7). The highest BCUT2D eigenvalue weighted by Gasteiger charge is 2.37. The van der Waals surface area contributed by atoms with Crippen LogP contribution in [0, 0.1) is 6.92 Å². The molecule has 3 aromatic carbocycles. The summed E-state index contributed by atoms with van der Waals surface area (Å²) in [7, 11) is -6.09. The number of benzene rings is 3. The zero-order chi connectivity index (χ0) is 26.7. The maximum absolute atomic E-state index is 13.2. The summed E-state index contributed by atoms with van der Waals surface area (Å²) in [6.07, 6.45) is 0. The van der Waals surface area contributed by atoms with Gasteiger partial charge in [-0.2, -0.15) is 17.7 Å². The molecule has 0 aliphatic carbocycles. The maximum atomic E-state index is 13.2. The number of aromatic nitrogens is 1. The van der Waals surface area contributed by atoms with Crippen LogP contribution in [0.4, 0.5) is 13.2 Å². The van der Waals surface area contributed by atoms with Crippen LogP contribution >= 0.6 is 0 Å². The first-order chi connectivity index (χ1) is 16.8. The summed E-state index contributed by atoms with van der Waals surface area (Å²) in [5, 5.41) is 10.7. The van der Waals surface area contributed by atoms with Gasteiger partial charge in [0.25, 0.3) is 0 Å². The first-order valence-corrected chi connectivity index (χ1v) is 11.6. The van der Waals surface area contributed by atoms with Crippen LogP contribution < -0.4 is 9.30 Å². The number of hydrogen-bond donors (Lipinski definition) is 1. The fraction of sp³-hybridized carbons (Fsp3) is 0.125. The Hall–Kier alpha value is -4.03. The molecule has 4 aromatic rings. The Morgan fingerprint density at radius 1 is 0.917 bits per heavy atom. The van der Waals surface area contributed by atoms with Crippen molar-refractivity contribution in [2.24, 2.45) is 0 Å². The van der Waals surface area contributed by atoms with Crippen molar-refractivity contribution in [3.05, 3.63) is 83.9 Å². The largest absolute Gasteiger partial charge is 0.741 e. The minimum atomic E-state index is -6.09. The molecule has 0 aliphatic rings. The Kier molecular flexibility index (Phi) is 7.60. The highest BCUT2D eigenvalue weighted by molar-refractivity contribution is 7.86. The second-order valence-electron chi connectivity index (χ2n) is 7.44. The molecular weight excluding hydrogens is 503 g/mol. The first kappa shape index (κ1) is 26.6. The van der Waals surface area contributed by atoms with Crippen LogP contribution in [-0.4, -0.2) is 35.5 Å². The van der Waals surface area contributed by atoms with Crippen molar-refractivity contribution in [1.82, 2.24) is 0 Å². The molecule has 0 aliphatic heterocycles. The Bertz CT molecular complexity index is 1510. The number of aliphatic carboxylic acids is 1. The molecule has 0 bridgehead atoms. The lowest BCUT2D eigenvalue weighted by Crippen LogP contribution is -2.40. The molecule has 0 saturated heterocycles. The topological polar surface area (TPSA) is 125 Å². The van der Waals surface area contributed by atoms with E-state index in [-0.39, 0.29) is 6.54 Å². The molecule has 0 atom stereocenters. The predicted octanol–water partition coefficient (Wildman–Crippen LogP) is 3.94. The van der Waals surface area contributed by atoms with Crippen molar-refractivity contribution in [3.63, 3.8) is 0 Å². The van der Waals surface area contributed by atoms with Gasteiger partial charge in [-0.25, -0.2) is 18.0 Å². The number of alkyl halides is 3. The van der Waals surface area contributed by atoms with E-state index in [4.69, 9.17) is 17.7 Å². The fourth-order valence-corrected chi connectivity index (χ4v) is 3.46. The van der Waals surface area contributed by atoms with Crippen LogP contribution in [0.5, 0.6) is 5.75 Å². The maximum Gasteiger partial charge on any atom is 0.485 e. The number of para-hydroxylation sites is 3. The number of carbonyl (C=O) groups excluding carboxylic acids is 1. The summed E-state index contributed by atoms with van der Waals surface area (Å²) in [6, 6.07) is 21.9. The minimum absolute atomic E-state index is 0.200. The van der Waals surface area contributed by atoms with E-state index in [0.717, 1.165) is 5.56 Å². The van der Waals surface area contributed by atoms with Gasteiger partial charge < -0.3 is 14.4 Å². The molecular formula is C24H18F3NO7S. The molecule has 0 amide bonds. The normalized spacial score (nSPS) is 11.6. The number of carbonyl (C=O) groups is 2. The van der Waals surface area contributed by atoms with E-state index in [9.17, 15) is 27.9 Å². The van der Waals surface area contributed by atoms with E-state index in [1.807, 2.05) is 73.7 Å². The minimum Gasteiger partial charge on any atom is -0.741 e. The van der Waals surface area contributed by atoms with E-state index in [0.29, 0.717) is 33.1 Å². The molecule has 36 heavy (non-hydrogen) atoms. The van der Waals surface area contributed by atoms with E-state index >= 15 is 0 Å². The average molecular weight is 521 g/mol. The molecule has 0 saturated carbocycles. The van der Waals surface area contributed by atoms with Crippen molar-refractivity contribution in [2.75, 3.05) is 0 Å². The highest BCUT2D eigenvalue weighted by atomic mass is 32.2. The van der Waals surface area contributed by atoms with Gasteiger partial charge >= 0.3 is 17.4 Å². The molecule has 1 aromatic heterocycles. The number of hydrogen-bond acceptors (Lipinski definition) is 6. The second-order valence-corrected chi connectivity index (χ2v) is 8.82. The summed E-state index contributed by atoms with van der Waals surface area (Å²) in [4.78, 5) is 24.6. The van der Waals surface area contributed by atoms with Crippen molar-refractivity contribution in [3.8, 4) is 5.75 Å². The van der Waals surface area contributed by atoms with Crippen LogP contribution in [0.1, 0.15) is 15.9 Å². The number of ether oxygens (including phenoxy) is 1. The number of fused-ring (bicyclic) bond motifs is 2. The Morgan fingerprint density at radius 2 is 1.36 bits per heavy atom. The third kappa shape index (κ3) is 5.78. The fourth-order valence-electron chi connectivity index (χ4n) is 3.46. The number of nitrogens with zero attached hydrogens (tertiary/aromatic N) is 1. The van der Waals surface area contributed by atoms with E-state index in [1.54, 1.807) is 10.6 Å². The number of esters is 1. The SMILES string of the molecule is Cc1ccccc1OC(=O)c1c2ccccc2[n+](CC(=O)O)c2ccccc12.O=S(=O)([O-])C(F)(F)F. The van der Waals surface area contributed by atoms with Crippen LogP contribution in [-0.2, 0) is 21.5 Å². The Labute approximate surface area is 202 Å². The number of rotatable bonds is 4. The Morgan fingerprint density at radius 3 is 1.81 bits per heavy atom. The lowest BCUT2D eigenvalue weighted by molar-refractivity contribution is -0.633. The van der Waals surface area contributed by atoms with Crippen molar-refractivity contribution < 1.29 is 50.1 Å². The number of halogens is 3. The zero-order valence-corrected chi connectivity index (χ0v) is 19.3. The zero-order valence-electron chi connectivity index (χ0n) is 18.5. The predicted molar refractivity (Wildman–Crippen MR) is 121 cm³/mol. The van der Waals surface area contributed by atoms with Crippen LogP contribution in [0.3, 0.4) is 0 Å². The third-order valence-electron chi connectivity index (χ3n) is 5.01. The van der Waals surface area contributed by atoms with E-state index in [1.165, 1.54) is 0 Å². The number of pyridine rings is 1. The quantitative estimate of drug-likeness (QED) is 0.108. The molecule has 188 valence electrons. The number of carboxylic acid groups (broad SMARTS) is 1. The van der Waals surface area contributed by atoms with Crippen molar-refractivity contribution in [1.29, 1.82) is 0 Å². The molecule has 1 heterocycles. The molecule has 4 rings (SSSR count). The molecule has 0 radical (unpaired) electrons. The molecule has 8 nitrogen and oxygen atoms in total. The van der Waals surface area contributed by atoms with E-state index < -0.39 is 27.6 Å². The van der Waals surface area contributed by atoms with Gasteiger partial charge in [-0.3, -0.25) is 0 Å². The Balaban J connectivity index is 0.000000392. The molecule has 1 N–H and O–H groups in total. The van der Waals surface area contributed by atoms with Gasteiger partial charge in [-0.05, 0) is 30.7 Å².